The van der Waals surface area contributed by atoms with Gasteiger partial charge in [-0.05, 0) is 19.1 Å². The lowest BCUT2D eigenvalue weighted by atomic mass is 10.1. The predicted molar refractivity (Wildman–Crippen MR) is 45.5 cm³/mol. The monoisotopic (exact) mass is 168 g/mol. The van der Waals surface area contributed by atoms with Gasteiger partial charge < -0.3 is 10.2 Å². The first kappa shape index (κ1) is 8.83. The molecule has 0 bridgehead atoms. The molecule has 66 valence electrons. The van der Waals surface area contributed by atoms with Crippen molar-refractivity contribution in [2.24, 2.45) is 5.84 Å². The van der Waals surface area contributed by atoms with Gasteiger partial charge in [0.1, 0.15) is 11.5 Å². The summed E-state index contributed by atoms with van der Waals surface area (Å²) in [6, 6.07) is 4.30. The Morgan fingerprint density at radius 1 is 1.33 bits per heavy atom. The molecule has 0 aromatic heterocycles. The maximum Gasteiger partial charge on any atom is 0.124 e. The van der Waals surface area contributed by atoms with Crippen molar-refractivity contribution < 1.29 is 10.2 Å². The number of phenolic OH excluding ortho intramolecular Hbond substituents is 2. The van der Waals surface area contributed by atoms with Gasteiger partial charge in [0.2, 0.25) is 0 Å². The van der Waals surface area contributed by atoms with Crippen molar-refractivity contribution >= 4 is 0 Å². The van der Waals surface area contributed by atoms with Crippen LogP contribution in [0.25, 0.3) is 0 Å². The molecule has 1 aromatic carbocycles. The summed E-state index contributed by atoms with van der Waals surface area (Å²) < 4.78 is 0. The third-order valence-corrected chi connectivity index (χ3v) is 1.74. The van der Waals surface area contributed by atoms with Crippen LogP contribution in [0.2, 0.25) is 0 Å². The Morgan fingerprint density at radius 2 is 1.83 bits per heavy atom. The molecule has 5 N–H and O–H groups in total. The summed E-state index contributed by atoms with van der Waals surface area (Å²) >= 11 is 0. The highest BCUT2D eigenvalue weighted by atomic mass is 16.3. The molecule has 0 radical (unpaired) electrons. The van der Waals surface area contributed by atoms with E-state index in [2.05, 4.69) is 5.43 Å². The largest absolute Gasteiger partial charge is 0.507 e. The van der Waals surface area contributed by atoms with Crippen LogP contribution in [0.1, 0.15) is 18.5 Å². The number of aromatic hydroxyl groups is 2. The van der Waals surface area contributed by atoms with Gasteiger partial charge in [-0.2, -0.15) is 0 Å². The fraction of sp³-hybridized carbons (Fsp3) is 0.250. The molecule has 1 atom stereocenters. The summed E-state index contributed by atoms with van der Waals surface area (Å²) in [5.41, 5.74) is 2.86. The summed E-state index contributed by atoms with van der Waals surface area (Å²) in [5, 5.41) is 18.7. The maximum absolute atomic E-state index is 9.34. The lowest BCUT2D eigenvalue weighted by Gasteiger charge is -2.13. The molecule has 0 spiro atoms. The Hall–Kier alpha value is -1.26. The molecule has 0 fully saturated rings. The SMILES string of the molecule is C[C@@H](NN)c1c(O)cccc1O. The number of nitrogens with one attached hydrogen (secondary N) is 1. The fourth-order valence-electron chi connectivity index (χ4n) is 1.07. The Labute approximate surface area is 70.6 Å². The minimum atomic E-state index is -0.272. The zero-order valence-corrected chi connectivity index (χ0v) is 6.78. The molecule has 0 unspecified atom stereocenters. The first-order valence-electron chi connectivity index (χ1n) is 3.63. The highest BCUT2D eigenvalue weighted by molar-refractivity contribution is 5.44. The highest BCUT2D eigenvalue weighted by Crippen LogP contribution is 2.31. The maximum atomic E-state index is 9.34. The van der Waals surface area contributed by atoms with E-state index < -0.39 is 0 Å². The average molecular weight is 168 g/mol. The molecular formula is C8H12N2O2. The number of phenols is 2. The van der Waals surface area contributed by atoms with Crippen LogP contribution in [0.3, 0.4) is 0 Å². The molecule has 0 aliphatic rings. The molecule has 0 aliphatic heterocycles. The number of hydrazine groups is 1. The minimum absolute atomic E-state index is 0.0421. The standard InChI is InChI=1S/C8H12N2O2/c1-5(10-9)8-6(11)3-2-4-7(8)12/h2-5,10-12H,9H2,1H3/t5-/m1/s1. The van der Waals surface area contributed by atoms with E-state index in [9.17, 15) is 10.2 Å². The molecule has 0 aliphatic carbocycles. The van der Waals surface area contributed by atoms with Crippen molar-refractivity contribution in [2.75, 3.05) is 0 Å². The van der Waals surface area contributed by atoms with Gasteiger partial charge in [0, 0.05) is 0 Å². The molecule has 4 heteroatoms. The zero-order valence-electron chi connectivity index (χ0n) is 6.78. The number of nitrogens with two attached hydrogens (primary N) is 1. The summed E-state index contributed by atoms with van der Waals surface area (Å²) in [4.78, 5) is 0. The van der Waals surface area contributed by atoms with E-state index in [0.29, 0.717) is 5.56 Å². The van der Waals surface area contributed by atoms with E-state index in [0.717, 1.165) is 0 Å². The second-order valence-electron chi connectivity index (χ2n) is 2.60. The Morgan fingerprint density at radius 3 is 2.25 bits per heavy atom. The molecule has 1 aromatic rings. The number of rotatable bonds is 2. The third kappa shape index (κ3) is 1.49. The van der Waals surface area contributed by atoms with E-state index in [-0.39, 0.29) is 17.5 Å². The van der Waals surface area contributed by atoms with Crippen LogP contribution in [0.15, 0.2) is 18.2 Å². The normalized spacial score (nSPS) is 12.8. The molecule has 4 nitrogen and oxygen atoms in total. The van der Waals surface area contributed by atoms with Crippen LogP contribution < -0.4 is 11.3 Å². The van der Waals surface area contributed by atoms with E-state index in [1.807, 2.05) is 0 Å². The lowest BCUT2D eigenvalue weighted by Crippen LogP contribution is -2.25. The number of hydrogen-bond donors (Lipinski definition) is 4. The summed E-state index contributed by atoms with van der Waals surface area (Å²) in [5.74, 6) is 5.25. The van der Waals surface area contributed by atoms with Crippen LogP contribution in [-0.2, 0) is 0 Å². The second kappa shape index (κ2) is 3.42. The van der Waals surface area contributed by atoms with Gasteiger partial charge in [0.25, 0.3) is 0 Å². The van der Waals surface area contributed by atoms with E-state index in [4.69, 9.17) is 5.84 Å². The van der Waals surface area contributed by atoms with Crippen LogP contribution in [0.4, 0.5) is 0 Å². The van der Waals surface area contributed by atoms with E-state index >= 15 is 0 Å². The van der Waals surface area contributed by atoms with Crippen LogP contribution in [-0.4, -0.2) is 10.2 Å². The van der Waals surface area contributed by atoms with Gasteiger partial charge in [-0.25, -0.2) is 0 Å². The summed E-state index contributed by atoms with van der Waals surface area (Å²) in [6.45, 7) is 1.74. The van der Waals surface area contributed by atoms with E-state index in [1.165, 1.54) is 12.1 Å². The highest BCUT2D eigenvalue weighted by Gasteiger charge is 2.12. The third-order valence-electron chi connectivity index (χ3n) is 1.74. The summed E-state index contributed by atoms with van der Waals surface area (Å²) in [7, 11) is 0. The van der Waals surface area contributed by atoms with Crippen LogP contribution in [0.5, 0.6) is 11.5 Å². The molecule has 0 saturated carbocycles. The topological polar surface area (TPSA) is 78.5 Å². The first-order chi connectivity index (χ1) is 5.66. The van der Waals surface area contributed by atoms with Gasteiger partial charge in [-0.15, -0.1) is 0 Å². The number of benzene rings is 1. The molecule has 0 heterocycles. The lowest BCUT2D eigenvalue weighted by molar-refractivity contribution is 0.420. The Bertz CT molecular complexity index is 256. The zero-order chi connectivity index (χ0) is 9.14. The van der Waals surface area contributed by atoms with Crippen molar-refractivity contribution in [3.63, 3.8) is 0 Å². The molecule has 12 heavy (non-hydrogen) atoms. The van der Waals surface area contributed by atoms with Gasteiger partial charge in [0.05, 0.1) is 11.6 Å². The van der Waals surface area contributed by atoms with Gasteiger partial charge in [0.15, 0.2) is 0 Å². The minimum Gasteiger partial charge on any atom is -0.507 e. The van der Waals surface area contributed by atoms with Crippen molar-refractivity contribution in [3.05, 3.63) is 23.8 Å². The van der Waals surface area contributed by atoms with Crippen molar-refractivity contribution in [1.82, 2.24) is 5.43 Å². The van der Waals surface area contributed by atoms with Gasteiger partial charge in [-0.3, -0.25) is 11.3 Å². The number of hydrogen-bond acceptors (Lipinski definition) is 4. The predicted octanol–water partition coefficient (Wildman–Crippen LogP) is 0.622. The van der Waals surface area contributed by atoms with Crippen molar-refractivity contribution in [3.8, 4) is 11.5 Å². The van der Waals surface area contributed by atoms with Gasteiger partial charge in [-0.1, -0.05) is 6.07 Å². The molecule has 1 rings (SSSR count). The molecule has 0 amide bonds. The van der Waals surface area contributed by atoms with Crippen LogP contribution >= 0.6 is 0 Å². The second-order valence-corrected chi connectivity index (χ2v) is 2.60. The first-order valence-corrected chi connectivity index (χ1v) is 3.63. The van der Waals surface area contributed by atoms with Crippen molar-refractivity contribution in [1.29, 1.82) is 0 Å². The Balaban J connectivity index is 3.12. The van der Waals surface area contributed by atoms with E-state index in [1.54, 1.807) is 13.0 Å². The average Bonchev–Trinajstić information content (AvgIpc) is 2.03. The smallest absolute Gasteiger partial charge is 0.124 e. The fourth-order valence-corrected chi connectivity index (χ4v) is 1.07. The molecule has 0 saturated heterocycles. The summed E-state index contributed by atoms with van der Waals surface area (Å²) in [6.07, 6.45) is 0. The van der Waals surface area contributed by atoms with Crippen LogP contribution in [0, 0.1) is 0 Å². The Kier molecular flexibility index (Phi) is 2.52. The van der Waals surface area contributed by atoms with Gasteiger partial charge >= 0.3 is 0 Å². The molecular weight excluding hydrogens is 156 g/mol. The quantitative estimate of drug-likeness (QED) is 0.385. The van der Waals surface area contributed by atoms with Crippen molar-refractivity contribution in [2.45, 2.75) is 13.0 Å².